The van der Waals surface area contributed by atoms with Crippen LogP contribution in [0.2, 0.25) is 0 Å². The average molecular weight is 177 g/mol. The molecule has 13 heavy (non-hydrogen) atoms. The van der Waals surface area contributed by atoms with Crippen LogP contribution in [0.4, 0.5) is 5.82 Å². The van der Waals surface area contributed by atoms with E-state index in [4.69, 9.17) is 10.3 Å². The molecule has 0 saturated carbocycles. The first kappa shape index (κ1) is 8.04. The first-order valence-corrected chi connectivity index (χ1v) is 4.23. The maximum atomic E-state index is 5.64. The summed E-state index contributed by atoms with van der Waals surface area (Å²) in [5.41, 5.74) is 8.21. The maximum absolute atomic E-state index is 5.64. The van der Waals surface area contributed by atoms with Crippen LogP contribution in [-0.2, 0) is 6.42 Å². The van der Waals surface area contributed by atoms with Crippen molar-refractivity contribution in [3.8, 4) is 0 Å². The molecule has 2 aromatic rings. The number of rotatable bonds is 1. The van der Waals surface area contributed by atoms with E-state index in [0.29, 0.717) is 11.4 Å². The van der Waals surface area contributed by atoms with Crippen molar-refractivity contribution in [3.05, 3.63) is 17.5 Å². The van der Waals surface area contributed by atoms with Crippen molar-refractivity contribution >= 4 is 16.8 Å². The Balaban J connectivity index is 2.84. The molecule has 0 radical (unpaired) electrons. The van der Waals surface area contributed by atoms with Gasteiger partial charge in [0.1, 0.15) is 0 Å². The van der Waals surface area contributed by atoms with E-state index in [-0.39, 0.29) is 0 Å². The van der Waals surface area contributed by atoms with Crippen LogP contribution in [0.5, 0.6) is 0 Å². The lowest BCUT2D eigenvalue weighted by Crippen LogP contribution is -1.91. The van der Waals surface area contributed by atoms with Gasteiger partial charge >= 0.3 is 0 Å². The number of aromatic nitrogens is 2. The molecule has 4 nitrogen and oxygen atoms in total. The van der Waals surface area contributed by atoms with Gasteiger partial charge in [0, 0.05) is 5.69 Å². The molecule has 0 unspecified atom stereocenters. The topological polar surface area (TPSA) is 64.9 Å². The van der Waals surface area contributed by atoms with Gasteiger partial charge in [0.05, 0.1) is 11.1 Å². The van der Waals surface area contributed by atoms with Crippen molar-refractivity contribution < 1.29 is 4.52 Å². The zero-order valence-electron chi connectivity index (χ0n) is 7.66. The zero-order chi connectivity index (χ0) is 9.42. The molecule has 0 aliphatic rings. The summed E-state index contributed by atoms with van der Waals surface area (Å²) in [6, 6.07) is 1.89. The quantitative estimate of drug-likeness (QED) is 0.719. The third kappa shape index (κ3) is 1.14. The highest BCUT2D eigenvalue weighted by atomic mass is 16.5. The summed E-state index contributed by atoms with van der Waals surface area (Å²) in [4.78, 5) is 4.34. The molecule has 0 aliphatic carbocycles. The number of hydrogen-bond donors (Lipinski definition) is 1. The number of fused-ring (bicyclic) bond motifs is 1. The van der Waals surface area contributed by atoms with E-state index in [9.17, 15) is 0 Å². The first-order valence-electron chi connectivity index (χ1n) is 4.23. The van der Waals surface area contributed by atoms with E-state index in [1.54, 1.807) is 0 Å². The van der Waals surface area contributed by atoms with Gasteiger partial charge in [-0.15, -0.1) is 0 Å². The second-order valence-corrected chi connectivity index (χ2v) is 3.01. The minimum absolute atomic E-state index is 0.440. The van der Waals surface area contributed by atoms with E-state index < -0.39 is 0 Å². The molecule has 2 heterocycles. The third-order valence-electron chi connectivity index (χ3n) is 2.02. The van der Waals surface area contributed by atoms with Gasteiger partial charge in [-0.05, 0) is 19.4 Å². The second-order valence-electron chi connectivity index (χ2n) is 3.01. The Bertz CT molecular complexity index is 447. The summed E-state index contributed by atoms with van der Waals surface area (Å²) in [5, 5.41) is 4.57. The van der Waals surface area contributed by atoms with Crippen molar-refractivity contribution in [3.63, 3.8) is 0 Å². The lowest BCUT2D eigenvalue weighted by atomic mass is 10.2. The number of aryl methyl sites for hydroxylation is 2. The molecule has 0 saturated heterocycles. The van der Waals surface area contributed by atoms with Crippen LogP contribution in [0.25, 0.3) is 11.0 Å². The summed E-state index contributed by atoms with van der Waals surface area (Å²) < 4.78 is 5.09. The summed E-state index contributed by atoms with van der Waals surface area (Å²) in [6.45, 7) is 3.96. The van der Waals surface area contributed by atoms with Gasteiger partial charge in [-0.1, -0.05) is 12.1 Å². The molecule has 0 amide bonds. The van der Waals surface area contributed by atoms with Crippen LogP contribution < -0.4 is 5.73 Å². The smallest absolute Gasteiger partial charge is 0.190 e. The molecule has 2 aromatic heterocycles. The van der Waals surface area contributed by atoms with E-state index in [1.165, 1.54) is 0 Å². The Morgan fingerprint density at radius 2 is 2.31 bits per heavy atom. The SMILES string of the molecule is CCc1nc(C)cc2c(N)noc12. The van der Waals surface area contributed by atoms with Gasteiger partial charge in [-0.25, -0.2) is 0 Å². The van der Waals surface area contributed by atoms with Gasteiger partial charge in [0.25, 0.3) is 0 Å². The average Bonchev–Trinajstić information content (AvgIpc) is 2.47. The monoisotopic (exact) mass is 177 g/mol. The normalized spacial score (nSPS) is 10.9. The fourth-order valence-corrected chi connectivity index (χ4v) is 1.40. The highest BCUT2D eigenvalue weighted by molar-refractivity contribution is 5.88. The minimum Gasteiger partial charge on any atom is -0.380 e. The van der Waals surface area contributed by atoms with Crippen LogP contribution in [0, 0.1) is 6.92 Å². The first-order chi connectivity index (χ1) is 6.22. The van der Waals surface area contributed by atoms with E-state index in [1.807, 2.05) is 19.9 Å². The fraction of sp³-hybridized carbons (Fsp3) is 0.333. The predicted molar refractivity (Wildman–Crippen MR) is 50.3 cm³/mol. The van der Waals surface area contributed by atoms with Crippen LogP contribution in [0.15, 0.2) is 10.6 Å². The van der Waals surface area contributed by atoms with Crippen molar-refractivity contribution in [1.82, 2.24) is 10.1 Å². The molecule has 4 heteroatoms. The zero-order valence-corrected chi connectivity index (χ0v) is 7.66. The lowest BCUT2D eigenvalue weighted by Gasteiger charge is -1.98. The number of hydrogen-bond acceptors (Lipinski definition) is 4. The van der Waals surface area contributed by atoms with Gasteiger partial charge in [-0.2, -0.15) is 0 Å². The van der Waals surface area contributed by atoms with E-state index in [2.05, 4.69) is 10.1 Å². The highest BCUT2D eigenvalue weighted by Crippen LogP contribution is 2.23. The Morgan fingerprint density at radius 1 is 1.54 bits per heavy atom. The Morgan fingerprint density at radius 3 is 3.00 bits per heavy atom. The number of anilines is 1. The number of nitrogens with zero attached hydrogens (tertiary/aromatic N) is 2. The lowest BCUT2D eigenvalue weighted by molar-refractivity contribution is 0.457. The predicted octanol–water partition coefficient (Wildman–Crippen LogP) is 1.68. The molecule has 2 rings (SSSR count). The standard InChI is InChI=1S/C9H11N3O/c1-3-7-8-6(4-5(2)11-7)9(10)12-13-8/h4H,3H2,1-2H3,(H2,10,12). The molecule has 0 bridgehead atoms. The summed E-state index contributed by atoms with van der Waals surface area (Å²) in [6.07, 6.45) is 0.826. The molecule has 0 aromatic carbocycles. The molecular formula is C9H11N3O. The molecule has 0 aliphatic heterocycles. The molecule has 0 spiro atoms. The van der Waals surface area contributed by atoms with Gasteiger partial charge < -0.3 is 10.3 Å². The molecule has 2 N–H and O–H groups in total. The van der Waals surface area contributed by atoms with Crippen LogP contribution in [0.1, 0.15) is 18.3 Å². The third-order valence-corrected chi connectivity index (χ3v) is 2.02. The van der Waals surface area contributed by atoms with Crippen molar-refractivity contribution in [2.75, 3.05) is 5.73 Å². The Kier molecular flexibility index (Phi) is 1.69. The van der Waals surface area contributed by atoms with Crippen LogP contribution in [-0.4, -0.2) is 10.1 Å². The largest absolute Gasteiger partial charge is 0.380 e. The summed E-state index contributed by atoms with van der Waals surface area (Å²) in [5.74, 6) is 0.440. The molecular weight excluding hydrogens is 166 g/mol. The van der Waals surface area contributed by atoms with Gasteiger partial charge in [-0.3, -0.25) is 4.98 Å². The fourth-order valence-electron chi connectivity index (χ4n) is 1.40. The van der Waals surface area contributed by atoms with E-state index in [0.717, 1.165) is 23.2 Å². The molecule has 0 atom stereocenters. The Hall–Kier alpha value is -1.58. The number of nitrogen functional groups attached to an aromatic ring is 1. The van der Waals surface area contributed by atoms with Crippen molar-refractivity contribution in [2.45, 2.75) is 20.3 Å². The van der Waals surface area contributed by atoms with Crippen LogP contribution >= 0.6 is 0 Å². The maximum Gasteiger partial charge on any atom is 0.190 e. The van der Waals surface area contributed by atoms with Gasteiger partial charge in [0.15, 0.2) is 11.4 Å². The summed E-state index contributed by atoms with van der Waals surface area (Å²) >= 11 is 0. The number of pyridine rings is 1. The highest BCUT2D eigenvalue weighted by Gasteiger charge is 2.10. The van der Waals surface area contributed by atoms with E-state index >= 15 is 0 Å². The summed E-state index contributed by atoms with van der Waals surface area (Å²) in [7, 11) is 0. The minimum atomic E-state index is 0.440. The van der Waals surface area contributed by atoms with Gasteiger partial charge in [0.2, 0.25) is 0 Å². The van der Waals surface area contributed by atoms with Crippen molar-refractivity contribution in [1.29, 1.82) is 0 Å². The van der Waals surface area contributed by atoms with Crippen LogP contribution in [0.3, 0.4) is 0 Å². The Labute approximate surface area is 75.7 Å². The van der Waals surface area contributed by atoms with Crippen molar-refractivity contribution in [2.24, 2.45) is 0 Å². The molecule has 0 fully saturated rings. The second kappa shape index (κ2) is 2.73. The number of nitrogens with two attached hydrogens (primary N) is 1. The molecule has 68 valence electrons.